The largest absolute Gasteiger partial charge is 0.309 e. The molecule has 3 nitrogen and oxygen atoms in total. The van der Waals surface area contributed by atoms with Crippen molar-refractivity contribution >= 4 is 22.2 Å². The van der Waals surface area contributed by atoms with Crippen LogP contribution >= 0.6 is 11.3 Å². The maximum absolute atomic E-state index is 4.42. The van der Waals surface area contributed by atoms with Gasteiger partial charge in [0.1, 0.15) is 0 Å². The van der Waals surface area contributed by atoms with E-state index in [4.69, 9.17) is 0 Å². The summed E-state index contributed by atoms with van der Waals surface area (Å²) in [7, 11) is 1.98. The topological polar surface area (TPSA) is 37.8 Å². The Bertz CT molecular complexity index is 705. The predicted octanol–water partition coefficient (Wildman–Crippen LogP) is 3.31. The van der Waals surface area contributed by atoms with Gasteiger partial charge in [-0.05, 0) is 31.7 Å². The van der Waals surface area contributed by atoms with E-state index in [1.54, 1.807) is 11.3 Å². The van der Waals surface area contributed by atoms with Crippen molar-refractivity contribution in [2.24, 2.45) is 0 Å². The summed E-state index contributed by atoms with van der Waals surface area (Å²) in [6, 6.07) is 10.7. The Morgan fingerprint density at radius 3 is 2.84 bits per heavy atom. The first-order valence-corrected chi connectivity index (χ1v) is 7.09. The van der Waals surface area contributed by atoms with Gasteiger partial charge in [-0.3, -0.25) is 4.98 Å². The molecule has 1 unspecified atom stereocenters. The summed E-state index contributed by atoms with van der Waals surface area (Å²) < 4.78 is 0. The highest BCUT2D eigenvalue weighted by Crippen LogP contribution is 2.29. The minimum Gasteiger partial charge on any atom is -0.309 e. The molecule has 1 N–H and O–H groups in total. The number of pyridine rings is 1. The van der Waals surface area contributed by atoms with Crippen molar-refractivity contribution in [1.29, 1.82) is 0 Å². The molecule has 2 heterocycles. The van der Waals surface area contributed by atoms with Crippen molar-refractivity contribution in [1.82, 2.24) is 15.3 Å². The van der Waals surface area contributed by atoms with Crippen LogP contribution in [0.2, 0.25) is 0 Å². The van der Waals surface area contributed by atoms with Crippen LogP contribution in [-0.4, -0.2) is 17.0 Å². The highest BCUT2D eigenvalue weighted by atomic mass is 32.1. The minimum atomic E-state index is 0.180. The van der Waals surface area contributed by atoms with Gasteiger partial charge in [0, 0.05) is 16.5 Å². The molecule has 0 amide bonds. The van der Waals surface area contributed by atoms with Gasteiger partial charge in [0.2, 0.25) is 0 Å². The zero-order chi connectivity index (χ0) is 13.2. The highest BCUT2D eigenvalue weighted by Gasteiger charge is 2.16. The Kier molecular flexibility index (Phi) is 3.27. The molecule has 0 aliphatic carbocycles. The fourth-order valence-corrected chi connectivity index (χ4v) is 3.24. The molecular formula is C15H15N3S. The first-order valence-electron chi connectivity index (χ1n) is 6.21. The number of hydrogen-bond donors (Lipinski definition) is 1. The number of fused-ring (bicyclic) bond motifs is 1. The summed E-state index contributed by atoms with van der Waals surface area (Å²) in [5.41, 5.74) is 5.24. The zero-order valence-electron chi connectivity index (χ0n) is 10.9. The second-order valence-electron chi connectivity index (χ2n) is 4.48. The summed E-state index contributed by atoms with van der Waals surface area (Å²) in [5.74, 6) is 0. The Hall–Kier alpha value is -1.78. The molecule has 3 aromatic rings. The van der Waals surface area contributed by atoms with E-state index < -0.39 is 0 Å². The molecule has 0 saturated heterocycles. The van der Waals surface area contributed by atoms with Gasteiger partial charge in [-0.2, -0.15) is 0 Å². The molecule has 3 rings (SSSR count). The van der Waals surface area contributed by atoms with Gasteiger partial charge in [0.05, 0.1) is 22.8 Å². The first-order chi connectivity index (χ1) is 9.29. The lowest BCUT2D eigenvalue weighted by Crippen LogP contribution is -2.17. The molecule has 19 heavy (non-hydrogen) atoms. The van der Waals surface area contributed by atoms with Crippen molar-refractivity contribution in [3.8, 4) is 0 Å². The lowest BCUT2D eigenvalue weighted by Gasteiger charge is -2.16. The molecule has 2 aromatic heterocycles. The molecule has 0 aliphatic rings. The van der Waals surface area contributed by atoms with E-state index in [1.165, 1.54) is 15.8 Å². The Morgan fingerprint density at radius 1 is 1.21 bits per heavy atom. The van der Waals surface area contributed by atoms with Gasteiger partial charge in [0.25, 0.3) is 0 Å². The third-order valence-corrected chi connectivity index (χ3v) is 4.29. The molecule has 1 atom stereocenters. The Balaban J connectivity index is 2.09. The number of aromatic nitrogens is 2. The van der Waals surface area contributed by atoms with E-state index in [0.717, 1.165) is 11.2 Å². The van der Waals surface area contributed by atoms with E-state index >= 15 is 0 Å². The molecule has 0 spiro atoms. The van der Waals surface area contributed by atoms with Gasteiger partial charge in [0.15, 0.2) is 0 Å². The van der Waals surface area contributed by atoms with Gasteiger partial charge in [-0.15, -0.1) is 11.3 Å². The van der Waals surface area contributed by atoms with E-state index in [9.17, 15) is 0 Å². The van der Waals surface area contributed by atoms with Crippen molar-refractivity contribution in [2.45, 2.75) is 13.0 Å². The average Bonchev–Trinajstić information content (AvgIpc) is 2.86. The highest BCUT2D eigenvalue weighted by molar-refractivity contribution is 7.09. The Morgan fingerprint density at radius 2 is 2.11 bits per heavy atom. The van der Waals surface area contributed by atoms with Crippen molar-refractivity contribution in [3.63, 3.8) is 0 Å². The van der Waals surface area contributed by atoms with Crippen molar-refractivity contribution in [3.05, 3.63) is 58.2 Å². The van der Waals surface area contributed by atoms with Gasteiger partial charge < -0.3 is 5.32 Å². The summed E-state index contributed by atoms with van der Waals surface area (Å²) in [4.78, 5) is 10.0. The van der Waals surface area contributed by atoms with Crippen LogP contribution in [0.1, 0.15) is 22.2 Å². The van der Waals surface area contributed by atoms with E-state index in [-0.39, 0.29) is 6.04 Å². The van der Waals surface area contributed by atoms with Gasteiger partial charge in [-0.1, -0.05) is 18.2 Å². The van der Waals surface area contributed by atoms with Crippen molar-refractivity contribution in [2.75, 3.05) is 7.05 Å². The lowest BCUT2D eigenvalue weighted by atomic mass is 10.0. The van der Waals surface area contributed by atoms with Crippen molar-refractivity contribution < 1.29 is 0 Å². The molecule has 0 aliphatic heterocycles. The third-order valence-electron chi connectivity index (χ3n) is 3.30. The van der Waals surface area contributed by atoms with Crippen LogP contribution in [0.5, 0.6) is 0 Å². The standard InChI is InChI=1S/C15H15N3S/c1-10-15(19-9-18-10)14(16-2)12-6-5-11-4-3-7-17-13(11)8-12/h3-9,14,16H,1-2H3. The Labute approximate surface area is 116 Å². The smallest absolute Gasteiger partial charge is 0.0798 e. The first kappa shape index (κ1) is 12.3. The molecule has 0 saturated carbocycles. The summed E-state index contributed by atoms with van der Waals surface area (Å²) in [6.07, 6.45) is 1.83. The van der Waals surface area contributed by atoms with Gasteiger partial charge in [-0.25, -0.2) is 4.98 Å². The second kappa shape index (κ2) is 5.07. The third kappa shape index (κ3) is 2.25. The molecule has 0 fully saturated rings. The molecule has 1 aromatic carbocycles. The average molecular weight is 269 g/mol. The van der Waals surface area contributed by atoms with Crippen LogP contribution in [0.15, 0.2) is 42.0 Å². The molecule has 4 heteroatoms. The number of hydrogen-bond acceptors (Lipinski definition) is 4. The fraction of sp³-hybridized carbons (Fsp3) is 0.200. The number of benzene rings is 1. The zero-order valence-corrected chi connectivity index (χ0v) is 11.7. The minimum absolute atomic E-state index is 0.180. The SMILES string of the molecule is CNC(c1ccc2cccnc2c1)c1scnc1C. The molecule has 0 bridgehead atoms. The fourth-order valence-electron chi connectivity index (χ4n) is 2.30. The van der Waals surface area contributed by atoms with E-state index in [0.29, 0.717) is 0 Å². The maximum Gasteiger partial charge on any atom is 0.0798 e. The second-order valence-corrected chi connectivity index (χ2v) is 5.37. The van der Waals surface area contributed by atoms with E-state index in [2.05, 4.69) is 46.5 Å². The normalized spacial score (nSPS) is 12.7. The quantitative estimate of drug-likeness (QED) is 0.792. The van der Waals surface area contributed by atoms with E-state index in [1.807, 2.05) is 24.8 Å². The van der Waals surface area contributed by atoms with Crippen LogP contribution in [0.4, 0.5) is 0 Å². The summed E-state index contributed by atoms with van der Waals surface area (Å²) in [6.45, 7) is 2.05. The number of thiazole rings is 1. The summed E-state index contributed by atoms with van der Waals surface area (Å²) in [5, 5.41) is 4.54. The maximum atomic E-state index is 4.42. The number of aryl methyl sites for hydroxylation is 1. The number of nitrogens with zero attached hydrogens (tertiary/aromatic N) is 2. The van der Waals surface area contributed by atoms with Crippen LogP contribution in [0, 0.1) is 6.92 Å². The lowest BCUT2D eigenvalue weighted by molar-refractivity contribution is 0.698. The molecule has 0 radical (unpaired) electrons. The van der Waals surface area contributed by atoms with Crippen LogP contribution in [0.3, 0.4) is 0 Å². The monoisotopic (exact) mass is 269 g/mol. The number of rotatable bonds is 3. The van der Waals surface area contributed by atoms with Crippen LogP contribution in [0.25, 0.3) is 10.9 Å². The van der Waals surface area contributed by atoms with Crippen LogP contribution in [-0.2, 0) is 0 Å². The summed E-state index contributed by atoms with van der Waals surface area (Å²) >= 11 is 1.69. The molecule has 96 valence electrons. The van der Waals surface area contributed by atoms with Gasteiger partial charge >= 0.3 is 0 Å². The predicted molar refractivity (Wildman–Crippen MR) is 79.5 cm³/mol. The number of nitrogens with one attached hydrogen (secondary N) is 1. The van der Waals surface area contributed by atoms with Crippen LogP contribution < -0.4 is 5.32 Å². The molecular weight excluding hydrogens is 254 g/mol.